The number of aliphatic carboxylic acids is 1. The average Bonchev–Trinajstić information content (AvgIpc) is 3.35. The van der Waals surface area contributed by atoms with Crippen LogP contribution >= 0.6 is 0 Å². The van der Waals surface area contributed by atoms with Crippen molar-refractivity contribution in [2.45, 2.75) is 51.2 Å². The molecule has 1 aliphatic heterocycles. The van der Waals surface area contributed by atoms with Gasteiger partial charge in [-0.2, -0.15) is 0 Å². The molecule has 0 radical (unpaired) electrons. The van der Waals surface area contributed by atoms with Crippen LogP contribution in [0.4, 0.5) is 0 Å². The van der Waals surface area contributed by atoms with Crippen molar-refractivity contribution in [3.63, 3.8) is 0 Å². The van der Waals surface area contributed by atoms with Crippen LogP contribution in [0.15, 0.2) is 30.3 Å². The van der Waals surface area contributed by atoms with Gasteiger partial charge in [0.05, 0.1) is 25.2 Å². The summed E-state index contributed by atoms with van der Waals surface area (Å²) in [4.78, 5) is 11.6. The summed E-state index contributed by atoms with van der Waals surface area (Å²) in [5.41, 5.74) is 1.19. The fraction of sp³-hybridized carbons (Fsp3) is 0.611. The lowest BCUT2D eigenvalue weighted by atomic mass is 9.87. The SMILES string of the molecule is CCC(CC(CC(C)c1ccccc1)C(=O)O)OCC1CO1. The molecule has 1 N–H and O–H groups in total. The maximum absolute atomic E-state index is 11.6. The number of epoxide rings is 1. The fourth-order valence-electron chi connectivity index (χ4n) is 2.72. The quantitative estimate of drug-likeness (QED) is 0.672. The van der Waals surface area contributed by atoms with Gasteiger partial charge in [-0.3, -0.25) is 4.79 Å². The topological polar surface area (TPSA) is 59.1 Å². The van der Waals surface area contributed by atoms with Gasteiger partial charge in [0.25, 0.3) is 0 Å². The molecule has 1 aliphatic rings. The number of carboxylic acid groups (broad SMARTS) is 1. The fourth-order valence-corrected chi connectivity index (χ4v) is 2.72. The van der Waals surface area contributed by atoms with Gasteiger partial charge in [-0.05, 0) is 30.7 Å². The third-order valence-electron chi connectivity index (χ3n) is 4.28. The lowest BCUT2D eigenvalue weighted by Gasteiger charge is -2.23. The third kappa shape index (κ3) is 5.43. The van der Waals surface area contributed by atoms with E-state index >= 15 is 0 Å². The highest BCUT2D eigenvalue weighted by Crippen LogP contribution is 2.27. The Morgan fingerprint density at radius 2 is 2.05 bits per heavy atom. The number of hydrogen-bond donors (Lipinski definition) is 1. The number of hydrogen-bond acceptors (Lipinski definition) is 3. The molecule has 0 aromatic heterocycles. The van der Waals surface area contributed by atoms with Gasteiger partial charge >= 0.3 is 5.97 Å². The zero-order chi connectivity index (χ0) is 15.9. The maximum Gasteiger partial charge on any atom is 0.306 e. The zero-order valence-electron chi connectivity index (χ0n) is 13.4. The Bertz CT molecular complexity index is 455. The maximum atomic E-state index is 11.6. The Labute approximate surface area is 132 Å². The highest BCUT2D eigenvalue weighted by Gasteiger charge is 2.28. The first kappa shape index (κ1) is 17.0. The molecule has 1 fully saturated rings. The van der Waals surface area contributed by atoms with E-state index in [-0.39, 0.29) is 24.0 Å². The molecule has 0 amide bonds. The van der Waals surface area contributed by atoms with Crippen LogP contribution < -0.4 is 0 Å². The van der Waals surface area contributed by atoms with E-state index in [1.807, 2.05) is 25.1 Å². The molecule has 2 rings (SSSR count). The summed E-state index contributed by atoms with van der Waals surface area (Å²) < 4.78 is 10.9. The first-order valence-electron chi connectivity index (χ1n) is 8.11. The summed E-state index contributed by atoms with van der Waals surface area (Å²) in [5.74, 6) is -0.876. The molecule has 1 heterocycles. The van der Waals surface area contributed by atoms with E-state index in [4.69, 9.17) is 9.47 Å². The van der Waals surface area contributed by atoms with E-state index in [0.29, 0.717) is 19.4 Å². The second-order valence-electron chi connectivity index (χ2n) is 6.14. The van der Waals surface area contributed by atoms with Crippen LogP contribution in [0.1, 0.15) is 44.6 Å². The molecule has 4 heteroatoms. The molecule has 0 bridgehead atoms. The molecule has 4 nitrogen and oxygen atoms in total. The molecule has 1 aromatic rings. The number of rotatable bonds is 10. The smallest absolute Gasteiger partial charge is 0.306 e. The van der Waals surface area contributed by atoms with Gasteiger partial charge < -0.3 is 14.6 Å². The molecule has 4 atom stereocenters. The monoisotopic (exact) mass is 306 g/mol. The van der Waals surface area contributed by atoms with E-state index in [0.717, 1.165) is 13.0 Å². The molecule has 22 heavy (non-hydrogen) atoms. The third-order valence-corrected chi connectivity index (χ3v) is 4.28. The highest BCUT2D eigenvalue weighted by atomic mass is 16.6. The van der Waals surface area contributed by atoms with Crippen molar-refractivity contribution in [2.75, 3.05) is 13.2 Å². The lowest BCUT2D eigenvalue weighted by Crippen LogP contribution is -2.25. The normalized spacial score (nSPS) is 21.1. The van der Waals surface area contributed by atoms with Gasteiger partial charge in [-0.25, -0.2) is 0 Å². The Kier molecular flexibility index (Phi) is 6.40. The summed E-state index contributed by atoms with van der Waals surface area (Å²) in [6.45, 7) is 5.48. The number of ether oxygens (including phenoxy) is 2. The van der Waals surface area contributed by atoms with Crippen molar-refractivity contribution < 1.29 is 19.4 Å². The zero-order valence-corrected chi connectivity index (χ0v) is 13.4. The van der Waals surface area contributed by atoms with Crippen LogP contribution in [0, 0.1) is 5.92 Å². The minimum absolute atomic E-state index is 0.00623. The predicted molar refractivity (Wildman–Crippen MR) is 85.0 cm³/mol. The van der Waals surface area contributed by atoms with Crippen LogP contribution in [-0.2, 0) is 14.3 Å². The average molecular weight is 306 g/mol. The number of carbonyl (C=O) groups is 1. The molecule has 4 unspecified atom stereocenters. The van der Waals surface area contributed by atoms with Gasteiger partial charge in [0.2, 0.25) is 0 Å². The number of carboxylic acids is 1. The van der Waals surface area contributed by atoms with Crippen LogP contribution in [0.3, 0.4) is 0 Å². The van der Waals surface area contributed by atoms with Gasteiger partial charge in [-0.1, -0.05) is 44.2 Å². The van der Waals surface area contributed by atoms with Crippen LogP contribution in [-0.4, -0.2) is 36.5 Å². The van der Waals surface area contributed by atoms with Crippen LogP contribution in [0.2, 0.25) is 0 Å². The first-order chi connectivity index (χ1) is 10.6. The Morgan fingerprint density at radius 1 is 1.36 bits per heavy atom. The standard InChI is InChI=1S/C18H26O4/c1-3-16(21-11-17-12-22-17)10-15(18(19)20)9-13(2)14-7-5-4-6-8-14/h4-8,13,15-17H,3,9-12H2,1-2H3,(H,19,20). The summed E-state index contributed by atoms with van der Waals surface area (Å²) in [7, 11) is 0. The van der Waals surface area contributed by atoms with Crippen LogP contribution in [0.25, 0.3) is 0 Å². The molecule has 122 valence electrons. The van der Waals surface area contributed by atoms with Crippen molar-refractivity contribution in [2.24, 2.45) is 5.92 Å². The van der Waals surface area contributed by atoms with Gasteiger partial charge in [0, 0.05) is 0 Å². The van der Waals surface area contributed by atoms with E-state index in [9.17, 15) is 9.90 Å². The van der Waals surface area contributed by atoms with Crippen molar-refractivity contribution >= 4 is 5.97 Å². The largest absolute Gasteiger partial charge is 0.481 e. The van der Waals surface area contributed by atoms with Crippen molar-refractivity contribution in [3.05, 3.63) is 35.9 Å². The minimum Gasteiger partial charge on any atom is -0.481 e. The van der Waals surface area contributed by atoms with E-state index in [1.54, 1.807) is 0 Å². The summed E-state index contributed by atoms with van der Waals surface area (Å²) >= 11 is 0. The second kappa shape index (κ2) is 8.30. The van der Waals surface area contributed by atoms with Gasteiger partial charge in [0.1, 0.15) is 6.10 Å². The first-order valence-corrected chi connectivity index (χ1v) is 8.11. The summed E-state index contributed by atoms with van der Waals surface area (Å²) in [5, 5.41) is 9.52. The Morgan fingerprint density at radius 3 is 2.59 bits per heavy atom. The molecule has 0 spiro atoms. The van der Waals surface area contributed by atoms with Crippen molar-refractivity contribution in [1.29, 1.82) is 0 Å². The predicted octanol–water partition coefficient (Wildman–Crippen LogP) is 3.47. The lowest BCUT2D eigenvalue weighted by molar-refractivity contribution is -0.143. The molecule has 0 saturated carbocycles. The molecule has 1 aromatic carbocycles. The van der Waals surface area contributed by atoms with Crippen molar-refractivity contribution in [3.8, 4) is 0 Å². The molecular formula is C18H26O4. The highest BCUT2D eigenvalue weighted by molar-refractivity contribution is 5.70. The molecule has 0 aliphatic carbocycles. The van der Waals surface area contributed by atoms with Gasteiger partial charge in [-0.15, -0.1) is 0 Å². The number of benzene rings is 1. The Hall–Kier alpha value is -1.39. The van der Waals surface area contributed by atoms with Gasteiger partial charge in [0.15, 0.2) is 0 Å². The summed E-state index contributed by atoms with van der Waals surface area (Å²) in [6.07, 6.45) is 2.25. The second-order valence-corrected chi connectivity index (χ2v) is 6.14. The Balaban J connectivity index is 1.88. The van der Waals surface area contributed by atoms with Crippen molar-refractivity contribution in [1.82, 2.24) is 0 Å². The summed E-state index contributed by atoms with van der Waals surface area (Å²) in [6, 6.07) is 10.1. The van der Waals surface area contributed by atoms with E-state index in [2.05, 4.69) is 19.1 Å². The molecule has 1 saturated heterocycles. The van der Waals surface area contributed by atoms with Crippen LogP contribution in [0.5, 0.6) is 0 Å². The van der Waals surface area contributed by atoms with E-state index in [1.165, 1.54) is 5.56 Å². The molecular weight excluding hydrogens is 280 g/mol. The van der Waals surface area contributed by atoms with E-state index < -0.39 is 5.97 Å². The minimum atomic E-state index is -0.729.